The van der Waals surface area contributed by atoms with Crippen LogP contribution in [0.5, 0.6) is 0 Å². The lowest BCUT2D eigenvalue weighted by atomic mass is 10.5. The fourth-order valence-electron chi connectivity index (χ4n) is 0.656. The van der Waals surface area contributed by atoms with E-state index in [1.54, 1.807) is 0 Å². The van der Waals surface area contributed by atoms with Crippen molar-refractivity contribution in [3.63, 3.8) is 0 Å². The van der Waals surface area contributed by atoms with Gasteiger partial charge in [0.25, 0.3) is 0 Å². The van der Waals surface area contributed by atoms with Crippen molar-refractivity contribution in [2.24, 2.45) is 0 Å². The van der Waals surface area contributed by atoms with Crippen molar-refractivity contribution in [1.29, 1.82) is 0 Å². The van der Waals surface area contributed by atoms with Gasteiger partial charge in [0.1, 0.15) is 0 Å². The summed E-state index contributed by atoms with van der Waals surface area (Å²) < 4.78 is 2.00. The normalized spacial score (nSPS) is 6.83. The van der Waals surface area contributed by atoms with E-state index < -0.39 is 0 Å². The summed E-state index contributed by atoms with van der Waals surface area (Å²) in [4.78, 5) is 0. The molecule has 1 rings (SSSR count). The Bertz CT molecular complexity index is 179. The molecule has 72 valence electrons. The fourth-order valence-corrected chi connectivity index (χ4v) is 0.656. The Labute approximate surface area is 105 Å². The quantitative estimate of drug-likeness (QED) is 0.689. The summed E-state index contributed by atoms with van der Waals surface area (Å²) in [7, 11) is 4.00. The second-order valence-corrected chi connectivity index (χ2v) is 2.10. The van der Waals surface area contributed by atoms with Crippen LogP contribution in [0.2, 0.25) is 0 Å². The molecule has 0 bridgehead atoms. The Morgan fingerprint density at radius 1 is 0.833 bits per heavy atom. The van der Waals surface area contributed by atoms with Crippen molar-refractivity contribution in [3.8, 4) is 0 Å². The predicted octanol–water partition coefficient (Wildman–Crippen LogP) is 1.91. The fraction of sp³-hybridized carbons (Fsp3) is 0.286. The minimum atomic E-state index is 0. The Hall–Kier alpha value is 0.390. The number of pyridine rings is 1. The zero-order chi connectivity index (χ0) is 6.69. The number of halogens is 3. The third-order valence-corrected chi connectivity index (χ3v) is 1.16. The largest absolute Gasteiger partial charge is 0.199 e. The Morgan fingerprint density at radius 3 is 1.50 bits per heavy atom. The maximum atomic E-state index is 2.00. The van der Waals surface area contributed by atoms with E-state index in [1.807, 2.05) is 54.4 Å². The van der Waals surface area contributed by atoms with E-state index >= 15 is 0 Å². The van der Waals surface area contributed by atoms with Crippen molar-refractivity contribution in [3.05, 3.63) is 30.6 Å². The molecule has 0 amide bonds. The maximum Gasteiger partial charge on any atom is 0.199 e. The van der Waals surface area contributed by atoms with Crippen LogP contribution in [0.15, 0.2) is 30.6 Å². The van der Waals surface area contributed by atoms with Gasteiger partial charge in [-0.1, -0.05) is 10.7 Å². The summed E-state index contributed by atoms with van der Waals surface area (Å²) in [6, 6.07) is 6.00. The van der Waals surface area contributed by atoms with Gasteiger partial charge in [0.2, 0.25) is 0 Å². The molecule has 5 heteroatoms. The van der Waals surface area contributed by atoms with Gasteiger partial charge in [-0.3, -0.25) is 0 Å². The second-order valence-electron chi connectivity index (χ2n) is 2.10. The highest BCUT2D eigenvalue weighted by Crippen LogP contribution is 1.74. The summed E-state index contributed by atoms with van der Waals surface area (Å²) >= 11 is 0. The molecule has 1 heterocycles. The van der Waals surface area contributed by atoms with Gasteiger partial charge in [-0.2, -0.15) is 5.01 Å². The van der Waals surface area contributed by atoms with Crippen LogP contribution in [0.4, 0.5) is 0 Å². The smallest absolute Gasteiger partial charge is 0.187 e. The monoisotopic (exact) mass is 363 g/mol. The molecule has 0 unspecified atom stereocenters. The van der Waals surface area contributed by atoms with E-state index in [0.29, 0.717) is 0 Å². The molecular formula is C7H14Br3N2+. The molecule has 0 aliphatic rings. The molecular weight excluding hydrogens is 352 g/mol. The molecule has 0 saturated carbocycles. The molecule has 0 spiro atoms. The van der Waals surface area contributed by atoms with Crippen molar-refractivity contribution in [2.45, 2.75) is 0 Å². The Balaban J connectivity index is -0.000000270. The van der Waals surface area contributed by atoms with Crippen LogP contribution in [0, 0.1) is 0 Å². The molecule has 0 atom stereocenters. The average molecular weight is 366 g/mol. The van der Waals surface area contributed by atoms with E-state index in [1.165, 1.54) is 0 Å². The second kappa shape index (κ2) is 9.48. The summed E-state index contributed by atoms with van der Waals surface area (Å²) in [5, 5.41) is 2.00. The summed E-state index contributed by atoms with van der Waals surface area (Å²) in [5.41, 5.74) is 0. The van der Waals surface area contributed by atoms with Gasteiger partial charge in [0, 0.05) is 12.1 Å². The highest BCUT2D eigenvalue weighted by atomic mass is 79.9. The first kappa shape index (κ1) is 18.2. The molecule has 0 radical (unpaired) electrons. The molecule has 1 aromatic heterocycles. The van der Waals surface area contributed by atoms with Crippen LogP contribution in [0.3, 0.4) is 0 Å². The molecule has 12 heavy (non-hydrogen) atoms. The van der Waals surface area contributed by atoms with Crippen molar-refractivity contribution >= 4 is 50.9 Å². The highest BCUT2D eigenvalue weighted by molar-refractivity contribution is 8.93. The third-order valence-electron chi connectivity index (χ3n) is 1.16. The van der Waals surface area contributed by atoms with E-state index in [9.17, 15) is 0 Å². The van der Waals surface area contributed by atoms with Gasteiger partial charge in [-0.25, -0.2) is 0 Å². The lowest BCUT2D eigenvalue weighted by Crippen LogP contribution is -2.51. The Morgan fingerprint density at radius 2 is 1.25 bits per heavy atom. The van der Waals surface area contributed by atoms with Gasteiger partial charge in [0.05, 0.1) is 14.1 Å². The number of rotatable bonds is 1. The van der Waals surface area contributed by atoms with Crippen molar-refractivity contribution in [2.75, 3.05) is 19.1 Å². The summed E-state index contributed by atoms with van der Waals surface area (Å²) in [6.45, 7) is 0. The van der Waals surface area contributed by atoms with E-state index in [0.717, 1.165) is 0 Å². The molecule has 0 aromatic carbocycles. The van der Waals surface area contributed by atoms with Crippen molar-refractivity contribution in [1.82, 2.24) is 0 Å². The zero-order valence-electron chi connectivity index (χ0n) is 7.01. The SMILES string of the molecule is Br.Br.Br.CN(C)[n+]1ccccc1. The van der Waals surface area contributed by atoms with E-state index in [-0.39, 0.29) is 50.9 Å². The van der Waals surface area contributed by atoms with Gasteiger partial charge in [-0.15, -0.1) is 50.9 Å². The number of aromatic nitrogens is 1. The zero-order valence-corrected chi connectivity index (χ0v) is 12.1. The van der Waals surface area contributed by atoms with Gasteiger partial charge < -0.3 is 0 Å². The molecule has 0 saturated heterocycles. The van der Waals surface area contributed by atoms with Crippen LogP contribution < -0.4 is 9.69 Å². The summed E-state index contributed by atoms with van der Waals surface area (Å²) in [6.07, 6.45) is 4.00. The first-order valence-corrected chi connectivity index (χ1v) is 2.94. The predicted molar refractivity (Wildman–Crippen MR) is 67.7 cm³/mol. The molecule has 0 N–H and O–H groups in total. The van der Waals surface area contributed by atoms with Crippen molar-refractivity contribution < 1.29 is 4.68 Å². The third kappa shape index (κ3) is 5.97. The van der Waals surface area contributed by atoms with Gasteiger partial charge >= 0.3 is 0 Å². The number of nitrogens with zero attached hydrogens (tertiary/aromatic N) is 2. The first-order chi connectivity index (χ1) is 4.30. The van der Waals surface area contributed by atoms with E-state index in [2.05, 4.69) is 0 Å². The van der Waals surface area contributed by atoms with Crippen LogP contribution in [0.25, 0.3) is 0 Å². The van der Waals surface area contributed by atoms with Crippen LogP contribution in [-0.4, -0.2) is 14.1 Å². The van der Waals surface area contributed by atoms with E-state index in [4.69, 9.17) is 0 Å². The first-order valence-electron chi connectivity index (χ1n) is 2.94. The van der Waals surface area contributed by atoms with Crippen LogP contribution >= 0.6 is 50.9 Å². The van der Waals surface area contributed by atoms with Crippen LogP contribution in [0.1, 0.15) is 0 Å². The Kier molecular flexibility index (Phi) is 14.4. The highest BCUT2D eigenvalue weighted by Gasteiger charge is 1.95. The molecule has 2 nitrogen and oxygen atoms in total. The van der Waals surface area contributed by atoms with Gasteiger partial charge in [-0.05, 0) is 0 Å². The number of hydrogen-bond donors (Lipinski definition) is 0. The minimum absolute atomic E-state index is 0. The topological polar surface area (TPSA) is 7.12 Å². The lowest BCUT2D eigenvalue weighted by molar-refractivity contribution is -0.687. The molecule has 0 aliphatic carbocycles. The minimum Gasteiger partial charge on any atom is -0.187 e. The van der Waals surface area contributed by atoms with Gasteiger partial charge in [0.15, 0.2) is 12.4 Å². The molecule has 1 aromatic rings. The van der Waals surface area contributed by atoms with Crippen LogP contribution in [-0.2, 0) is 0 Å². The maximum absolute atomic E-state index is 2.00. The number of hydrogen-bond acceptors (Lipinski definition) is 1. The molecule has 0 fully saturated rings. The lowest BCUT2D eigenvalue weighted by Gasteiger charge is -2.02. The summed E-state index contributed by atoms with van der Waals surface area (Å²) in [5.74, 6) is 0. The standard InChI is InChI=1S/C7H11N2.3BrH/c1-8(2)9-6-4-3-5-7-9;;;/h3-7H,1-2H3;3*1H/q+1;;;. The average Bonchev–Trinajstić information content (AvgIpc) is 1.90. The molecule has 0 aliphatic heterocycles.